The van der Waals surface area contributed by atoms with Crippen LogP contribution in [0.4, 0.5) is 13.2 Å². The fourth-order valence-corrected chi connectivity index (χ4v) is 7.17. The molecular formula is C29H34F3N5O4S. The molecule has 42 heavy (non-hydrogen) atoms. The molecule has 13 heteroatoms. The molecule has 0 saturated carbocycles. The third kappa shape index (κ3) is 6.17. The molecule has 1 aliphatic heterocycles. The highest BCUT2D eigenvalue weighted by Crippen LogP contribution is 2.29. The lowest BCUT2D eigenvalue weighted by atomic mass is 10.1. The van der Waals surface area contributed by atoms with E-state index in [4.69, 9.17) is 0 Å². The van der Waals surface area contributed by atoms with Crippen LogP contribution >= 0.6 is 0 Å². The number of benzene rings is 2. The fourth-order valence-electron chi connectivity index (χ4n) is 5.66. The minimum absolute atomic E-state index is 0.0256. The van der Waals surface area contributed by atoms with Gasteiger partial charge >= 0.3 is 11.9 Å². The molecule has 1 fully saturated rings. The summed E-state index contributed by atoms with van der Waals surface area (Å²) in [5.74, 6) is -0.115. The Labute approximate surface area is 241 Å². The Bertz CT molecular complexity index is 1820. The first-order chi connectivity index (χ1) is 19.9. The van der Waals surface area contributed by atoms with Gasteiger partial charge in [0.2, 0.25) is 10.0 Å². The predicted molar refractivity (Wildman–Crippen MR) is 155 cm³/mol. The molecular weight excluding hydrogens is 571 g/mol. The number of sulfonamides is 1. The molecule has 3 heterocycles. The van der Waals surface area contributed by atoms with Crippen molar-refractivity contribution in [1.82, 2.24) is 23.0 Å². The summed E-state index contributed by atoms with van der Waals surface area (Å²) in [5.41, 5.74) is 1.40. The molecule has 0 amide bonds. The molecule has 5 rings (SSSR count). The number of imidazole rings is 1. The Hall–Kier alpha value is -3.45. The second-order valence-corrected chi connectivity index (χ2v) is 13.3. The minimum atomic E-state index is -4.56. The number of hydrogen-bond acceptors (Lipinski definition) is 5. The average Bonchev–Trinajstić information content (AvgIpc) is 3.22. The Morgan fingerprint density at radius 1 is 0.929 bits per heavy atom. The van der Waals surface area contributed by atoms with Crippen molar-refractivity contribution in [2.24, 2.45) is 5.92 Å². The van der Waals surface area contributed by atoms with Crippen molar-refractivity contribution in [2.75, 3.05) is 18.8 Å². The summed E-state index contributed by atoms with van der Waals surface area (Å²) in [4.78, 5) is 31.3. The van der Waals surface area contributed by atoms with Gasteiger partial charge in [-0.1, -0.05) is 38.1 Å². The summed E-state index contributed by atoms with van der Waals surface area (Å²) in [7, 11) is -4.07. The van der Waals surface area contributed by atoms with Crippen molar-refractivity contribution in [1.29, 1.82) is 0 Å². The predicted octanol–water partition coefficient (Wildman–Crippen LogP) is 4.53. The number of rotatable bonds is 9. The van der Waals surface area contributed by atoms with Crippen LogP contribution in [0.5, 0.6) is 0 Å². The lowest BCUT2D eigenvalue weighted by Gasteiger charge is -2.31. The molecule has 1 aliphatic rings. The first-order valence-electron chi connectivity index (χ1n) is 14.1. The molecule has 1 saturated heterocycles. The van der Waals surface area contributed by atoms with Gasteiger partial charge in [0.15, 0.2) is 0 Å². The van der Waals surface area contributed by atoms with Crippen molar-refractivity contribution >= 4 is 32.0 Å². The van der Waals surface area contributed by atoms with Crippen molar-refractivity contribution in [3.63, 3.8) is 0 Å². The van der Waals surface area contributed by atoms with E-state index in [0.717, 1.165) is 16.2 Å². The van der Waals surface area contributed by atoms with E-state index < -0.39 is 28.4 Å². The van der Waals surface area contributed by atoms with Gasteiger partial charge in [0.1, 0.15) is 5.82 Å². The zero-order chi connectivity index (χ0) is 30.2. The summed E-state index contributed by atoms with van der Waals surface area (Å²) >= 11 is 0. The van der Waals surface area contributed by atoms with Crippen LogP contribution in [0.2, 0.25) is 0 Å². The quantitative estimate of drug-likeness (QED) is 0.279. The van der Waals surface area contributed by atoms with Gasteiger partial charge in [-0.2, -0.15) is 18.2 Å². The Kier molecular flexibility index (Phi) is 8.35. The molecule has 0 unspecified atom stereocenters. The van der Waals surface area contributed by atoms with Crippen LogP contribution in [0.1, 0.15) is 51.4 Å². The minimum Gasteiger partial charge on any atom is -0.327 e. The monoisotopic (exact) mass is 605 g/mol. The maximum absolute atomic E-state index is 14.0. The first-order valence-corrected chi connectivity index (χ1v) is 15.7. The second-order valence-electron chi connectivity index (χ2n) is 11.2. The van der Waals surface area contributed by atoms with Crippen molar-refractivity contribution in [3.8, 4) is 0 Å². The zero-order valence-corrected chi connectivity index (χ0v) is 24.4. The standard InChI is InChI=1S/C29H34F3N5O4S/c1-20(2)11-17-35-23-8-4-3-7-22(23)27(38)33-26(35)19-36-24-9-5-6-10-25(24)37(28(36)39)21-12-15-34(16-13-21)42(40,41)18-14-29(30,31)32/h3-10,20-21H,11-19H2,1-2H3. The van der Waals surface area contributed by atoms with E-state index in [2.05, 4.69) is 18.8 Å². The lowest BCUT2D eigenvalue weighted by Crippen LogP contribution is -2.42. The maximum Gasteiger partial charge on any atom is 0.390 e. The van der Waals surface area contributed by atoms with Gasteiger partial charge in [-0.3, -0.25) is 13.9 Å². The van der Waals surface area contributed by atoms with Crippen molar-refractivity contribution in [2.45, 2.75) is 64.8 Å². The number of piperidine rings is 1. The SMILES string of the molecule is CC(C)CCn1c(Cn2c(=O)n(C3CCN(S(=O)(=O)CCC(F)(F)F)CC3)c3ccccc32)nc(=O)c2ccccc21. The molecule has 0 bridgehead atoms. The lowest BCUT2D eigenvalue weighted by molar-refractivity contribution is -0.130. The normalized spacial score (nSPS) is 15.8. The molecule has 226 valence electrons. The van der Waals surface area contributed by atoms with Crippen LogP contribution < -0.4 is 11.2 Å². The molecule has 0 radical (unpaired) electrons. The van der Waals surface area contributed by atoms with E-state index >= 15 is 0 Å². The summed E-state index contributed by atoms with van der Waals surface area (Å²) < 4.78 is 69.3. The average molecular weight is 606 g/mol. The van der Waals surface area contributed by atoms with E-state index in [1.54, 1.807) is 21.3 Å². The van der Waals surface area contributed by atoms with Gasteiger partial charge in [0.25, 0.3) is 5.56 Å². The van der Waals surface area contributed by atoms with Crippen LogP contribution in [0, 0.1) is 5.92 Å². The van der Waals surface area contributed by atoms with Crippen LogP contribution in [-0.2, 0) is 23.1 Å². The highest BCUT2D eigenvalue weighted by atomic mass is 32.2. The van der Waals surface area contributed by atoms with Crippen LogP contribution in [0.3, 0.4) is 0 Å². The van der Waals surface area contributed by atoms with Crippen molar-refractivity contribution < 1.29 is 21.6 Å². The summed E-state index contributed by atoms with van der Waals surface area (Å²) in [5, 5.41) is 0.511. The number of nitrogens with zero attached hydrogens (tertiary/aromatic N) is 5. The summed E-state index contributed by atoms with van der Waals surface area (Å²) in [6.07, 6.45) is -4.53. The van der Waals surface area contributed by atoms with Gasteiger partial charge in [-0.05, 0) is 49.4 Å². The van der Waals surface area contributed by atoms with E-state index in [0.29, 0.717) is 34.7 Å². The van der Waals surface area contributed by atoms with Crippen LogP contribution in [0.25, 0.3) is 21.9 Å². The third-order valence-electron chi connectivity index (χ3n) is 7.89. The highest BCUT2D eigenvalue weighted by molar-refractivity contribution is 7.89. The molecule has 9 nitrogen and oxygen atoms in total. The summed E-state index contributed by atoms with van der Waals surface area (Å²) in [6.45, 7) is 4.96. The third-order valence-corrected chi connectivity index (χ3v) is 9.76. The Morgan fingerprint density at radius 3 is 2.19 bits per heavy atom. The zero-order valence-electron chi connectivity index (χ0n) is 23.5. The van der Waals surface area contributed by atoms with E-state index in [1.165, 1.54) is 0 Å². The van der Waals surface area contributed by atoms with Gasteiger partial charge in [-0.25, -0.2) is 17.5 Å². The molecule has 0 aliphatic carbocycles. The highest BCUT2D eigenvalue weighted by Gasteiger charge is 2.35. The number of aromatic nitrogens is 4. The van der Waals surface area contributed by atoms with E-state index in [9.17, 15) is 31.2 Å². The number of halogens is 3. The second kappa shape index (κ2) is 11.7. The Morgan fingerprint density at radius 2 is 1.55 bits per heavy atom. The molecule has 4 aromatic rings. The number of hydrogen-bond donors (Lipinski definition) is 0. The smallest absolute Gasteiger partial charge is 0.327 e. The van der Waals surface area contributed by atoms with Gasteiger partial charge in [-0.15, -0.1) is 0 Å². The molecule has 0 N–H and O–H groups in total. The molecule has 0 atom stereocenters. The first kappa shape index (κ1) is 30.0. The van der Waals surface area contributed by atoms with Gasteiger partial charge < -0.3 is 4.57 Å². The van der Waals surface area contributed by atoms with Crippen LogP contribution in [0.15, 0.2) is 58.1 Å². The van der Waals surface area contributed by atoms with Crippen LogP contribution in [-0.4, -0.2) is 56.4 Å². The number of alkyl halides is 3. The van der Waals surface area contributed by atoms with Crippen molar-refractivity contribution in [3.05, 3.63) is 75.2 Å². The van der Waals surface area contributed by atoms with E-state index in [-0.39, 0.29) is 49.8 Å². The molecule has 2 aromatic heterocycles. The fraction of sp³-hybridized carbons (Fsp3) is 0.483. The number of aryl methyl sites for hydroxylation is 1. The van der Waals surface area contributed by atoms with Gasteiger partial charge in [0.05, 0.1) is 40.7 Å². The number of fused-ring (bicyclic) bond motifs is 2. The maximum atomic E-state index is 14.0. The topological polar surface area (TPSA) is 99.2 Å². The summed E-state index contributed by atoms with van der Waals surface area (Å²) in [6, 6.07) is 14.2. The number of para-hydroxylation sites is 3. The molecule has 0 spiro atoms. The van der Waals surface area contributed by atoms with E-state index in [1.807, 2.05) is 41.0 Å². The van der Waals surface area contributed by atoms with Gasteiger partial charge in [0, 0.05) is 25.7 Å². The molecule has 2 aromatic carbocycles. The largest absolute Gasteiger partial charge is 0.390 e. The Balaban J connectivity index is 1.48.